The molecule has 142 valence electrons. The van der Waals surface area contributed by atoms with Gasteiger partial charge in [-0.1, -0.05) is 43.5 Å². The molecule has 2 aliphatic heterocycles. The van der Waals surface area contributed by atoms with Crippen molar-refractivity contribution >= 4 is 34.5 Å². The fraction of sp³-hybridized carbons (Fsp3) is 0.227. The number of anilines is 1. The zero-order chi connectivity index (χ0) is 19.4. The maximum absolute atomic E-state index is 4.83. The van der Waals surface area contributed by atoms with Crippen molar-refractivity contribution in [1.29, 1.82) is 0 Å². The molecule has 3 aromatic rings. The Bertz CT molecular complexity index is 1090. The number of aromatic nitrogens is 2. The predicted octanol–water partition coefficient (Wildman–Crippen LogP) is 5.24. The topological polar surface area (TPSA) is 33.1 Å². The molecule has 0 saturated carbocycles. The Morgan fingerprint density at radius 3 is 2.71 bits per heavy atom. The van der Waals surface area contributed by atoms with E-state index in [1.807, 2.05) is 11.8 Å². The van der Waals surface area contributed by atoms with Crippen LogP contribution in [0.3, 0.4) is 0 Å². The first kappa shape index (κ1) is 17.6. The van der Waals surface area contributed by atoms with Crippen LogP contribution in [0.1, 0.15) is 27.2 Å². The van der Waals surface area contributed by atoms with Crippen LogP contribution in [-0.2, 0) is 6.54 Å². The van der Waals surface area contributed by atoms with Crippen LogP contribution in [0, 0.1) is 6.92 Å². The van der Waals surface area contributed by atoms with Crippen LogP contribution in [0.4, 0.5) is 5.69 Å². The lowest BCUT2D eigenvalue weighted by Gasteiger charge is -2.33. The third-order valence-electron chi connectivity index (χ3n) is 5.37. The quantitative estimate of drug-likeness (QED) is 0.631. The number of benzene rings is 1. The molecule has 0 radical (unpaired) electrons. The SMILES string of the molecule is C=C1NC(=C)N(C)c2c1c(-c1ccccc1)n1c2C(c2nc(C)cs2)SCC1. The van der Waals surface area contributed by atoms with Gasteiger partial charge in [-0.2, -0.15) is 0 Å². The zero-order valence-electron chi connectivity index (χ0n) is 16.0. The Labute approximate surface area is 173 Å². The molecule has 1 unspecified atom stereocenters. The van der Waals surface area contributed by atoms with Gasteiger partial charge in [0.1, 0.15) is 10.8 Å². The smallest absolute Gasteiger partial charge is 0.112 e. The van der Waals surface area contributed by atoms with Crippen LogP contribution >= 0.6 is 23.1 Å². The molecule has 0 amide bonds. The van der Waals surface area contributed by atoms with E-state index in [1.54, 1.807) is 11.3 Å². The van der Waals surface area contributed by atoms with Crippen LogP contribution in [0.5, 0.6) is 0 Å². The van der Waals surface area contributed by atoms with Crippen molar-refractivity contribution in [3.05, 3.63) is 76.6 Å². The fourth-order valence-electron chi connectivity index (χ4n) is 4.12. The second-order valence-corrected chi connectivity index (χ2v) is 9.27. The average Bonchev–Trinajstić information content (AvgIpc) is 3.28. The van der Waals surface area contributed by atoms with Crippen molar-refractivity contribution in [3.8, 4) is 11.3 Å². The van der Waals surface area contributed by atoms with Gasteiger partial charge >= 0.3 is 0 Å². The summed E-state index contributed by atoms with van der Waals surface area (Å²) in [4.78, 5) is 7.00. The van der Waals surface area contributed by atoms with E-state index in [0.717, 1.165) is 29.5 Å². The normalized spacial score (nSPS) is 18.6. The second kappa shape index (κ2) is 6.57. The minimum atomic E-state index is 0.222. The lowest BCUT2D eigenvalue weighted by atomic mass is 10.0. The molecule has 1 atom stereocenters. The molecule has 0 spiro atoms. The number of hydrogen-bond acceptors (Lipinski definition) is 5. The van der Waals surface area contributed by atoms with Gasteiger partial charge in [0.05, 0.1) is 22.3 Å². The van der Waals surface area contributed by atoms with Crippen molar-refractivity contribution < 1.29 is 0 Å². The van der Waals surface area contributed by atoms with Gasteiger partial charge in [0.25, 0.3) is 0 Å². The summed E-state index contributed by atoms with van der Waals surface area (Å²) >= 11 is 3.73. The summed E-state index contributed by atoms with van der Waals surface area (Å²) in [5.41, 5.74) is 8.15. The lowest BCUT2D eigenvalue weighted by Crippen LogP contribution is -2.32. The number of nitrogens with one attached hydrogen (secondary N) is 1. The van der Waals surface area contributed by atoms with Gasteiger partial charge in [0.15, 0.2) is 0 Å². The van der Waals surface area contributed by atoms with Crippen molar-refractivity contribution in [3.63, 3.8) is 0 Å². The minimum Gasteiger partial charge on any atom is -0.342 e. The van der Waals surface area contributed by atoms with Gasteiger partial charge in [-0.05, 0) is 12.5 Å². The highest BCUT2D eigenvalue weighted by molar-refractivity contribution is 7.99. The zero-order valence-corrected chi connectivity index (χ0v) is 17.7. The fourth-order valence-corrected chi connectivity index (χ4v) is 6.38. The number of hydrogen-bond donors (Lipinski definition) is 1. The van der Waals surface area contributed by atoms with Crippen molar-refractivity contribution in [2.75, 3.05) is 17.7 Å². The summed E-state index contributed by atoms with van der Waals surface area (Å²) in [6.07, 6.45) is 0. The number of fused-ring (bicyclic) bond motifs is 3. The van der Waals surface area contributed by atoms with Crippen LogP contribution in [0.15, 0.2) is 54.7 Å². The third-order valence-corrected chi connectivity index (χ3v) is 7.75. The number of rotatable bonds is 2. The molecule has 4 heterocycles. The summed E-state index contributed by atoms with van der Waals surface area (Å²) in [6, 6.07) is 10.6. The molecule has 0 saturated heterocycles. The molecule has 1 N–H and O–H groups in total. The molecule has 4 nitrogen and oxygen atoms in total. The molecular formula is C22H22N4S2. The van der Waals surface area contributed by atoms with Gasteiger partial charge in [0, 0.05) is 41.7 Å². The maximum atomic E-state index is 4.83. The molecule has 6 heteroatoms. The van der Waals surface area contributed by atoms with Gasteiger partial charge in [-0.3, -0.25) is 0 Å². The first-order valence-corrected chi connectivity index (χ1v) is 11.2. The summed E-state index contributed by atoms with van der Waals surface area (Å²) in [5, 5.41) is 6.91. The lowest BCUT2D eigenvalue weighted by molar-refractivity contribution is 0.716. The summed E-state index contributed by atoms with van der Waals surface area (Å²) in [5.74, 6) is 1.92. The van der Waals surface area contributed by atoms with E-state index in [-0.39, 0.29) is 5.25 Å². The molecule has 0 aliphatic carbocycles. The minimum absolute atomic E-state index is 0.222. The Kier molecular flexibility index (Phi) is 4.14. The van der Waals surface area contributed by atoms with Crippen LogP contribution in [0.25, 0.3) is 17.0 Å². The van der Waals surface area contributed by atoms with E-state index in [0.29, 0.717) is 0 Å². The Balaban J connectivity index is 1.83. The maximum Gasteiger partial charge on any atom is 0.112 e. The van der Waals surface area contributed by atoms with Gasteiger partial charge in [-0.15, -0.1) is 23.1 Å². The first-order valence-electron chi connectivity index (χ1n) is 9.30. The highest BCUT2D eigenvalue weighted by Gasteiger charge is 2.38. The second-order valence-electron chi connectivity index (χ2n) is 7.16. The largest absolute Gasteiger partial charge is 0.342 e. The monoisotopic (exact) mass is 406 g/mol. The van der Waals surface area contributed by atoms with E-state index >= 15 is 0 Å². The van der Waals surface area contributed by atoms with E-state index in [2.05, 4.69) is 77.6 Å². The van der Waals surface area contributed by atoms with Crippen molar-refractivity contribution in [1.82, 2.24) is 14.9 Å². The summed E-state index contributed by atoms with van der Waals surface area (Å²) in [7, 11) is 2.08. The molecule has 2 aromatic heterocycles. The van der Waals surface area contributed by atoms with Gasteiger partial charge in [0.2, 0.25) is 0 Å². The first-order chi connectivity index (χ1) is 13.6. The third kappa shape index (κ3) is 2.55. The van der Waals surface area contributed by atoms with E-state index < -0.39 is 0 Å². The number of thioether (sulfide) groups is 1. The van der Waals surface area contributed by atoms with Crippen LogP contribution in [0.2, 0.25) is 0 Å². The Morgan fingerprint density at radius 1 is 1.21 bits per heavy atom. The van der Waals surface area contributed by atoms with E-state index in [9.17, 15) is 0 Å². The van der Waals surface area contributed by atoms with Crippen LogP contribution < -0.4 is 10.2 Å². The number of aryl methyl sites for hydroxylation is 1. The van der Waals surface area contributed by atoms with Crippen LogP contribution in [-0.4, -0.2) is 22.4 Å². The van der Waals surface area contributed by atoms with Gasteiger partial charge in [-0.25, -0.2) is 4.98 Å². The predicted molar refractivity (Wildman–Crippen MR) is 121 cm³/mol. The average molecular weight is 407 g/mol. The van der Waals surface area contributed by atoms with Gasteiger partial charge < -0.3 is 14.8 Å². The molecule has 28 heavy (non-hydrogen) atoms. The summed E-state index contributed by atoms with van der Waals surface area (Å²) < 4.78 is 2.49. The number of nitrogens with zero attached hydrogens (tertiary/aromatic N) is 3. The molecule has 5 rings (SSSR count). The molecule has 1 aromatic carbocycles. The Morgan fingerprint density at radius 2 is 2.00 bits per heavy atom. The summed E-state index contributed by atoms with van der Waals surface area (Å²) in [6.45, 7) is 11.6. The molecule has 0 bridgehead atoms. The van der Waals surface area contributed by atoms with E-state index in [1.165, 1.54) is 33.2 Å². The van der Waals surface area contributed by atoms with Crippen molar-refractivity contribution in [2.45, 2.75) is 18.7 Å². The molecule has 2 aliphatic rings. The highest BCUT2D eigenvalue weighted by Crippen LogP contribution is 2.52. The molecular weight excluding hydrogens is 384 g/mol. The number of thiazole rings is 1. The highest BCUT2D eigenvalue weighted by atomic mass is 32.2. The van der Waals surface area contributed by atoms with Crippen molar-refractivity contribution in [2.24, 2.45) is 0 Å². The molecule has 0 fully saturated rings. The standard InChI is InChI=1S/C22H22N4S2/c1-13-12-28-22(23-13)21-20-19-17(14(2)24-15(3)25(19)4)18(26(20)10-11-27-21)16-8-6-5-7-9-16/h5-9,12,21,24H,2-3,10-11H2,1,4H3. The van der Waals surface area contributed by atoms with E-state index in [4.69, 9.17) is 4.98 Å². The Hall–Kier alpha value is -2.44.